The third-order valence-corrected chi connectivity index (χ3v) is 3.13. The largest absolute Gasteiger partial charge is 0.513 e. The maximum atomic E-state index is 12.0. The molecule has 6 nitrogen and oxygen atoms in total. The van der Waals surface area contributed by atoms with Gasteiger partial charge in [0.15, 0.2) is 0 Å². The molecule has 0 N–H and O–H groups in total. The van der Waals surface area contributed by atoms with Gasteiger partial charge in [-0.25, -0.2) is 9.59 Å². The van der Waals surface area contributed by atoms with E-state index in [1.54, 1.807) is 30.3 Å². The number of rotatable bonds is 3. The Morgan fingerprint density at radius 3 is 2.61 bits per heavy atom. The van der Waals surface area contributed by atoms with Crippen LogP contribution in [0.1, 0.15) is 0 Å². The quantitative estimate of drug-likeness (QED) is 0.494. The maximum absolute atomic E-state index is 12.0. The molecule has 6 heteroatoms. The van der Waals surface area contributed by atoms with Crippen LogP contribution in [0.2, 0.25) is 0 Å². The van der Waals surface area contributed by atoms with Crippen LogP contribution in [0.3, 0.4) is 0 Å². The van der Waals surface area contributed by atoms with E-state index >= 15 is 0 Å². The highest BCUT2D eigenvalue weighted by Gasteiger charge is 2.18. The molecule has 0 bridgehead atoms. The van der Waals surface area contributed by atoms with Crippen molar-refractivity contribution in [1.29, 1.82) is 0 Å². The van der Waals surface area contributed by atoms with Gasteiger partial charge in [0.25, 0.3) is 0 Å². The number of fused-ring (bicyclic) bond motifs is 1. The van der Waals surface area contributed by atoms with Crippen molar-refractivity contribution in [2.24, 2.45) is 0 Å². The SMILES string of the molecule is C#CCN(C(=O)OC)c1cccc2ccc(OC(=O)OC)cc12. The second-order valence-electron chi connectivity index (χ2n) is 4.48. The molecule has 0 aromatic heterocycles. The van der Waals surface area contributed by atoms with Crippen LogP contribution >= 0.6 is 0 Å². The zero-order valence-corrected chi connectivity index (χ0v) is 12.7. The summed E-state index contributed by atoms with van der Waals surface area (Å²) >= 11 is 0. The van der Waals surface area contributed by atoms with Crippen LogP contribution < -0.4 is 9.64 Å². The van der Waals surface area contributed by atoms with Crippen LogP contribution in [-0.2, 0) is 9.47 Å². The van der Waals surface area contributed by atoms with Crippen LogP contribution in [0.4, 0.5) is 15.3 Å². The molecule has 118 valence electrons. The van der Waals surface area contributed by atoms with Gasteiger partial charge < -0.3 is 14.2 Å². The van der Waals surface area contributed by atoms with Crippen LogP contribution in [-0.4, -0.2) is 33.0 Å². The molecule has 0 aliphatic heterocycles. The van der Waals surface area contributed by atoms with Crippen molar-refractivity contribution in [2.45, 2.75) is 0 Å². The Labute approximate surface area is 133 Å². The standard InChI is InChI=1S/C17H15NO5/c1-4-10-18(16(19)21-2)15-7-5-6-12-8-9-13(11-14(12)15)23-17(20)22-3/h1,5-9,11H,10H2,2-3H3. The lowest BCUT2D eigenvalue weighted by atomic mass is 10.1. The normalized spacial score (nSPS) is 9.78. The lowest BCUT2D eigenvalue weighted by Gasteiger charge is -2.20. The van der Waals surface area contributed by atoms with Crippen molar-refractivity contribution in [3.05, 3.63) is 36.4 Å². The van der Waals surface area contributed by atoms with Gasteiger partial charge in [0.2, 0.25) is 0 Å². The molecule has 0 fully saturated rings. The molecule has 0 unspecified atom stereocenters. The van der Waals surface area contributed by atoms with Gasteiger partial charge in [0.05, 0.1) is 26.5 Å². The molecule has 2 rings (SSSR count). The Morgan fingerprint density at radius 1 is 1.17 bits per heavy atom. The summed E-state index contributed by atoms with van der Waals surface area (Å²) in [6, 6.07) is 10.4. The van der Waals surface area contributed by atoms with Gasteiger partial charge in [0, 0.05) is 5.39 Å². The number of hydrogen-bond donors (Lipinski definition) is 0. The number of carbonyl (C=O) groups is 2. The highest BCUT2D eigenvalue weighted by Crippen LogP contribution is 2.30. The van der Waals surface area contributed by atoms with Crippen LogP contribution in [0.25, 0.3) is 10.8 Å². The molecule has 0 saturated heterocycles. The van der Waals surface area contributed by atoms with E-state index in [-0.39, 0.29) is 6.54 Å². The number of benzene rings is 2. The van der Waals surface area contributed by atoms with E-state index in [1.807, 2.05) is 6.07 Å². The lowest BCUT2D eigenvalue weighted by Crippen LogP contribution is -2.31. The predicted molar refractivity (Wildman–Crippen MR) is 85.6 cm³/mol. The summed E-state index contributed by atoms with van der Waals surface area (Å²) in [5.74, 6) is 2.72. The number of carbonyl (C=O) groups excluding carboxylic acids is 2. The summed E-state index contributed by atoms with van der Waals surface area (Å²) in [6.45, 7) is 0.0495. The molecule has 0 radical (unpaired) electrons. The fraction of sp³-hybridized carbons (Fsp3) is 0.176. The minimum Gasteiger partial charge on any atom is -0.452 e. The number of terminal acetylenes is 1. The summed E-state index contributed by atoms with van der Waals surface area (Å²) in [6.07, 6.45) is 3.93. The molecular formula is C17H15NO5. The number of anilines is 1. The molecule has 23 heavy (non-hydrogen) atoms. The molecule has 0 aliphatic carbocycles. The first-order chi connectivity index (χ1) is 11.1. The molecule has 1 amide bonds. The Kier molecular flexibility index (Phi) is 5.05. The average molecular weight is 313 g/mol. The topological polar surface area (TPSA) is 65.1 Å². The number of amides is 1. The third-order valence-electron chi connectivity index (χ3n) is 3.13. The molecule has 2 aromatic rings. The van der Waals surface area contributed by atoms with Crippen molar-refractivity contribution < 1.29 is 23.8 Å². The molecule has 0 heterocycles. The van der Waals surface area contributed by atoms with E-state index in [0.717, 1.165) is 5.39 Å². The first-order valence-corrected chi connectivity index (χ1v) is 6.68. The minimum absolute atomic E-state index is 0.0495. The molecular weight excluding hydrogens is 298 g/mol. The summed E-state index contributed by atoms with van der Waals surface area (Å²) in [4.78, 5) is 24.5. The van der Waals surface area contributed by atoms with Crippen molar-refractivity contribution in [3.8, 4) is 18.1 Å². The van der Waals surface area contributed by atoms with E-state index < -0.39 is 12.2 Å². The van der Waals surface area contributed by atoms with Gasteiger partial charge in [-0.2, -0.15) is 0 Å². The van der Waals surface area contributed by atoms with Crippen molar-refractivity contribution >= 4 is 28.7 Å². The van der Waals surface area contributed by atoms with Gasteiger partial charge in [0.1, 0.15) is 5.75 Å². The molecule has 0 atom stereocenters. The molecule has 0 spiro atoms. The highest BCUT2D eigenvalue weighted by atomic mass is 16.7. The molecule has 0 aliphatic rings. The Morgan fingerprint density at radius 2 is 1.96 bits per heavy atom. The average Bonchev–Trinajstić information content (AvgIpc) is 2.58. The zero-order valence-electron chi connectivity index (χ0n) is 12.7. The molecule has 0 saturated carbocycles. The third kappa shape index (κ3) is 3.52. The van der Waals surface area contributed by atoms with Crippen LogP contribution in [0, 0.1) is 12.3 Å². The second-order valence-corrected chi connectivity index (χ2v) is 4.48. The minimum atomic E-state index is -0.824. The second kappa shape index (κ2) is 7.18. The summed E-state index contributed by atoms with van der Waals surface area (Å²) in [5, 5.41) is 1.54. The van der Waals surface area contributed by atoms with Gasteiger partial charge >= 0.3 is 12.2 Å². The predicted octanol–water partition coefficient (Wildman–Crippen LogP) is 3.19. The fourth-order valence-electron chi connectivity index (χ4n) is 2.12. The lowest BCUT2D eigenvalue weighted by molar-refractivity contribution is 0.121. The van der Waals surface area contributed by atoms with Crippen molar-refractivity contribution in [2.75, 3.05) is 25.7 Å². The van der Waals surface area contributed by atoms with Crippen LogP contribution in [0.5, 0.6) is 5.75 Å². The monoisotopic (exact) mass is 313 g/mol. The zero-order chi connectivity index (χ0) is 16.8. The van der Waals surface area contributed by atoms with Crippen molar-refractivity contribution in [1.82, 2.24) is 0 Å². The Balaban J connectivity index is 2.54. The van der Waals surface area contributed by atoms with Gasteiger partial charge in [-0.15, -0.1) is 6.42 Å². The fourth-order valence-corrected chi connectivity index (χ4v) is 2.12. The van der Waals surface area contributed by atoms with E-state index in [1.165, 1.54) is 19.1 Å². The summed E-state index contributed by atoms with van der Waals surface area (Å²) in [7, 11) is 2.50. The number of hydrogen-bond acceptors (Lipinski definition) is 5. The molecule has 2 aromatic carbocycles. The smallest absolute Gasteiger partial charge is 0.452 e. The Bertz CT molecular complexity index is 778. The first kappa shape index (κ1) is 16.2. The van der Waals surface area contributed by atoms with Crippen molar-refractivity contribution in [3.63, 3.8) is 0 Å². The van der Waals surface area contributed by atoms with Gasteiger partial charge in [-0.05, 0) is 23.6 Å². The highest BCUT2D eigenvalue weighted by molar-refractivity contribution is 6.02. The summed E-state index contributed by atoms with van der Waals surface area (Å²) < 4.78 is 14.2. The van der Waals surface area contributed by atoms with Gasteiger partial charge in [-0.1, -0.05) is 24.1 Å². The first-order valence-electron chi connectivity index (χ1n) is 6.68. The van der Waals surface area contributed by atoms with Crippen LogP contribution in [0.15, 0.2) is 36.4 Å². The summed E-state index contributed by atoms with van der Waals surface area (Å²) in [5.41, 5.74) is 0.558. The Hall–Kier alpha value is -3.20. The number of methoxy groups -OCH3 is 2. The maximum Gasteiger partial charge on any atom is 0.513 e. The van der Waals surface area contributed by atoms with E-state index in [4.69, 9.17) is 15.9 Å². The van der Waals surface area contributed by atoms with Gasteiger partial charge in [-0.3, -0.25) is 4.90 Å². The van der Waals surface area contributed by atoms with E-state index in [0.29, 0.717) is 16.8 Å². The van der Waals surface area contributed by atoms with E-state index in [9.17, 15) is 9.59 Å². The van der Waals surface area contributed by atoms with E-state index in [2.05, 4.69) is 10.7 Å². The number of nitrogens with zero attached hydrogens (tertiary/aromatic N) is 1. The number of ether oxygens (including phenoxy) is 3.